The number of hydrogen-bond donors (Lipinski definition) is 0. The van der Waals surface area contributed by atoms with Gasteiger partial charge in [0.2, 0.25) is 0 Å². The lowest BCUT2D eigenvalue weighted by Crippen LogP contribution is -2.34. The van der Waals surface area contributed by atoms with Gasteiger partial charge in [-0.15, -0.1) is 0 Å². The number of rotatable bonds is 3. The van der Waals surface area contributed by atoms with Crippen LogP contribution in [-0.2, 0) is 0 Å². The van der Waals surface area contributed by atoms with Gasteiger partial charge in [-0.25, -0.2) is 0 Å². The Morgan fingerprint density at radius 3 is 2.75 bits per heavy atom. The van der Waals surface area contributed by atoms with Gasteiger partial charge in [-0.2, -0.15) is 0 Å². The molecule has 4 nitrogen and oxygen atoms in total. The third-order valence-corrected chi connectivity index (χ3v) is 5.39. The fourth-order valence-electron chi connectivity index (χ4n) is 4.09. The second-order valence-electron chi connectivity index (χ2n) is 7.63. The van der Waals surface area contributed by atoms with E-state index in [1.165, 1.54) is 5.56 Å². The second-order valence-corrected chi connectivity index (χ2v) is 7.63. The van der Waals surface area contributed by atoms with Gasteiger partial charge in [0.15, 0.2) is 0 Å². The van der Waals surface area contributed by atoms with Crippen molar-refractivity contribution in [1.29, 1.82) is 0 Å². The molecule has 1 aliphatic heterocycles. The van der Waals surface area contributed by atoms with E-state index in [-0.39, 0.29) is 11.9 Å². The first-order valence-electron chi connectivity index (χ1n) is 10.0. The molecule has 28 heavy (non-hydrogen) atoms. The van der Waals surface area contributed by atoms with Crippen LogP contribution in [-0.4, -0.2) is 22.3 Å². The number of aromatic nitrogens is 1. The molecule has 1 aliphatic rings. The lowest BCUT2D eigenvalue weighted by atomic mass is 10.0. The summed E-state index contributed by atoms with van der Waals surface area (Å²) < 4.78 is 5.66. The number of aryl methyl sites for hydroxylation is 2. The number of likely N-dealkylation sites (tertiary alicyclic amines) is 1. The van der Waals surface area contributed by atoms with E-state index < -0.39 is 0 Å². The zero-order valence-corrected chi connectivity index (χ0v) is 16.5. The van der Waals surface area contributed by atoms with Crippen LogP contribution in [0, 0.1) is 13.8 Å². The molecule has 3 aromatic rings. The van der Waals surface area contributed by atoms with Crippen molar-refractivity contribution in [3.8, 4) is 11.3 Å². The number of carbonyl (C=O) groups excluding carboxylic acids is 1. The van der Waals surface area contributed by atoms with Crippen LogP contribution in [0.25, 0.3) is 11.3 Å². The van der Waals surface area contributed by atoms with Gasteiger partial charge < -0.3 is 9.32 Å². The minimum absolute atomic E-state index is 0.00740. The van der Waals surface area contributed by atoms with Crippen LogP contribution in [0.2, 0.25) is 0 Å². The van der Waals surface area contributed by atoms with Crippen molar-refractivity contribution < 1.29 is 9.21 Å². The molecule has 1 aromatic carbocycles. The van der Waals surface area contributed by atoms with Crippen molar-refractivity contribution in [2.75, 3.05) is 6.54 Å². The molecule has 2 aromatic heterocycles. The average molecular weight is 374 g/mol. The fraction of sp³-hybridized carbons (Fsp3) is 0.333. The lowest BCUT2D eigenvalue weighted by Gasteiger charge is -2.29. The van der Waals surface area contributed by atoms with Crippen LogP contribution in [0.4, 0.5) is 0 Å². The lowest BCUT2D eigenvalue weighted by molar-refractivity contribution is 0.0658. The summed E-state index contributed by atoms with van der Waals surface area (Å²) in [5.74, 6) is 0.942. The molecule has 1 fully saturated rings. The van der Waals surface area contributed by atoms with E-state index in [9.17, 15) is 4.79 Å². The number of carbonyl (C=O) groups is 1. The molecular weight excluding hydrogens is 348 g/mol. The molecule has 0 bridgehead atoms. The maximum Gasteiger partial charge on any atom is 0.254 e. The predicted octanol–water partition coefficient (Wildman–Crippen LogP) is 5.72. The molecule has 3 heterocycles. The standard InChI is InChI=1S/C24H26N2O2/c1-17-14-18(2)25-21(15-17)19-8-6-9-20(16-19)24(27)26-12-5-3-4-10-22(26)23-11-7-13-28-23/h6-9,11,13-16,22H,3-5,10,12H2,1-2H3. The average Bonchev–Trinajstić information content (AvgIpc) is 3.11. The minimum atomic E-state index is 0.00740. The Hall–Kier alpha value is -2.88. The Balaban J connectivity index is 1.67. The number of furan rings is 1. The van der Waals surface area contributed by atoms with Crippen LogP contribution in [0.1, 0.15) is 59.1 Å². The van der Waals surface area contributed by atoms with E-state index in [1.807, 2.05) is 48.2 Å². The molecule has 0 radical (unpaired) electrons. The first kappa shape index (κ1) is 18.5. The number of nitrogens with zero attached hydrogens (tertiary/aromatic N) is 2. The Morgan fingerprint density at radius 1 is 1.07 bits per heavy atom. The molecule has 1 unspecified atom stereocenters. The summed E-state index contributed by atoms with van der Waals surface area (Å²) in [7, 11) is 0. The van der Waals surface area contributed by atoms with E-state index in [0.717, 1.165) is 54.9 Å². The first-order chi connectivity index (χ1) is 13.6. The molecule has 1 atom stereocenters. The number of amides is 1. The van der Waals surface area contributed by atoms with E-state index >= 15 is 0 Å². The molecule has 144 valence electrons. The fourth-order valence-corrected chi connectivity index (χ4v) is 4.09. The number of pyridine rings is 1. The summed E-state index contributed by atoms with van der Waals surface area (Å²) in [6, 6.07) is 15.8. The topological polar surface area (TPSA) is 46.3 Å². The highest BCUT2D eigenvalue weighted by Gasteiger charge is 2.29. The van der Waals surface area contributed by atoms with Gasteiger partial charge in [0.1, 0.15) is 5.76 Å². The van der Waals surface area contributed by atoms with Crippen molar-refractivity contribution in [2.45, 2.75) is 45.6 Å². The molecule has 1 saturated heterocycles. The van der Waals surface area contributed by atoms with Crippen LogP contribution < -0.4 is 0 Å². The van der Waals surface area contributed by atoms with Gasteiger partial charge in [-0.05, 0) is 68.7 Å². The summed E-state index contributed by atoms with van der Waals surface area (Å²) in [5, 5.41) is 0. The van der Waals surface area contributed by atoms with Gasteiger partial charge in [0, 0.05) is 23.4 Å². The second kappa shape index (κ2) is 8.01. The van der Waals surface area contributed by atoms with Gasteiger partial charge in [-0.1, -0.05) is 25.0 Å². The Morgan fingerprint density at radius 2 is 1.96 bits per heavy atom. The third-order valence-electron chi connectivity index (χ3n) is 5.39. The normalized spacial score (nSPS) is 17.4. The van der Waals surface area contributed by atoms with Gasteiger partial charge in [0.25, 0.3) is 5.91 Å². The van der Waals surface area contributed by atoms with Crippen molar-refractivity contribution in [1.82, 2.24) is 9.88 Å². The molecule has 4 rings (SSSR count). The molecule has 0 saturated carbocycles. The predicted molar refractivity (Wildman–Crippen MR) is 110 cm³/mol. The summed E-state index contributed by atoms with van der Waals surface area (Å²) in [5.41, 5.74) is 4.74. The Labute approximate surface area is 166 Å². The zero-order valence-electron chi connectivity index (χ0n) is 16.5. The Bertz CT molecular complexity index is 942. The molecule has 1 amide bonds. The van der Waals surface area contributed by atoms with Crippen LogP contribution in [0.3, 0.4) is 0 Å². The van der Waals surface area contributed by atoms with Crippen molar-refractivity contribution in [3.63, 3.8) is 0 Å². The molecule has 0 spiro atoms. The van der Waals surface area contributed by atoms with Crippen LogP contribution in [0.15, 0.2) is 59.2 Å². The van der Waals surface area contributed by atoms with E-state index in [0.29, 0.717) is 5.56 Å². The van der Waals surface area contributed by atoms with Crippen LogP contribution in [0.5, 0.6) is 0 Å². The van der Waals surface area contributed by atoms with Gasteiger partial charge >= 0.3 is 0 Å². The van der Waals surface area contributed by atoms with Crippen LogP contribution >= 0.6 is 0 Å². The van der Waals surface area contributed by atoms with E-state index in [4.69, 9.17) is 4.42 Å². The minimum Gasteiger partial charge on any atom is -0.467 e. The molecular formula is C24H26N2O2. The van der Waals surface area contributed by atoms with Gasteiger partial charge in [0.05, 0.1) is 18.0 Å². The van der Waals surface area contributed by atoms with Crippen molar-refractivity contribution in [3.05, 3.63) is 77.4 Å². The quantitative estimate of drug-likeness (QED) is 0.589. The molecule has 0 N–H and O–H groups in total. The zero-order chi connectivity index (χ0) is 19.5. The summed E-state index contributed by atoms with van der Waals surface area (Å²) in [4.78, 5) is 20.1. The van der Waals surface area contributed by atoms with Crippen molar-refractivity contribution in [2.24, 2.45) is 0 Å². The van der Waals surface area contributed by atoms with E-state index in [1.54, 1.807) is 6.26 Å². The molecule has 0 aliphatic carbocycles. The largest absolute Gasteiger partial charge is 0.467 e. The van der Waals surface area contributed by atoms with Crippen molar-refractivity contribution >= 4 is 5.91 Å². The molecule has 4 heteroatoms. The van der Waals surface area contributed by atoms with Gasteiger partial charge in [-0.3, -0.25) is 9.78 Å². The highest BCUT2D eigenvalue weighted by atomic mass is 16.3. The summed E-state index contributed by atoms with van der Waals surface area (Å²) in [6.45, 7) is 4.82. The number of hydrogen-bond acceptors (Lipinski definition) is 3. The summed E-state index contributed by atoms with van der Waals surface area (Å²) >= 11 is 0. The maximum absolute atomic E-state index is 13.4. The monoisotopic (exact) mass is 374 g/mol. The number of benzene rings is 1. The highest BCUT2D eigenvalue weighted by molar-refractivity contribution is 5.95. The first-order valence-corrected chi connectivity index (χ1v) is 10.0. The smallest absolute Gasteiger partial charge is 0.254 e. The highest BCUT2D eigenvalue weighted by Crippen LogP contribution is 2.32. The van der Waals surface area contributed by atoms with E-state index in [2.05, 4.69) is 24.0 Å². The maximum atomic E-state index is 13.4. The third kappa shape index (κ3) is 3.86. The SMILES string of the molecule is Cc1cc(C)nc(-c2cccc(C(=O)N3CCCCCC3c3ccco3)c2)c1. The summed E-state index contributed by atoms with van der Waals surface area (Å²) in [6.07, 6.45) is 5.92. The Kier molecular flexibility index (Phi) is 5.29.